The molecule has 1 atom stereocenters. The van der Waals surface area contributed by atoms with Crippen LogP contribution in [0.5, 0.6) is 5.75 Å². The molecule has 4 aliphatic heterocycles. The number of piperidine rings is 3. The van der Waals surface area contributed by atoms with Gasteiger partial charge in [-0.1, -0.05) is 24.3 Å². The summed E-state index contributed by atoms with van der Waals surface area (Å²) < 4.78 is 35.4. The number of para-hydroxylation sites is 1. The monoisotopic (exact) mass is 831 g/mol. The zero-order valence-electron chi connectivity index (χ0n) is 34.3. The first-order valence-corrected chi connectivity index (χ1v) is 21.3. The molecule has 3 aromatic carbocycles. The normalized spacial score (nSPS) is 21.5. The summed E-state index contributed by atoms with van der Waals surface area (Å²) in [6.45, 7) is 5.52. The molecule has 0 radical (unpaired) electrons. The summed E-state index contributed by atoms with van der Waals surface area (Å²) >= 11 is 0. The van der Waals surface area contributed by atoms with Gasteiger partial charge in [0.05, 0.1) is 17.9 Å². The van der Waals surface area contributed by atoms with Crippen molar-refractivity contribution in [3.63, 3.8) is 0 Å². The molecule has 0 spiro atoms. The van der Waals surface area contributed by atoms with Crippen LogP contribution in [0.1, 0.15) is 72.5 Å². The molecule has 2 aromatic heterocycles. The third-order valence-corrected chi connectivity index (χ3v) is 13.2. The lowest BCUT2D eigenvalue weighted by Gasteiger charge is -2.41. The van der Waals surface area contributed by atoms with Gasteiger partial charge in [-0.15, -0.1) is 10.2 Å². The van der Waals surface area contributed by atoms with Gasteiger partial charge in [-0.25, -0.2) is 13.6 Å². The fraction of sp³-hybridized carbons (Fsp3) is 0.413. The van der Waals surface area contributed by atoms with Crippen molar-refractivity contribution >= 4 is 45.9 Å². The highest BCUT2D eigenvalue weighted by atomic mass is 19.1. The van der Waals surface area contributed by atoms with E-state index < -0.39 is 17.4 Å². The Bertz CT molecular complexity index is 2480. The van der Waals surface area contributed by atoms with Crippen molar-refractivity contribution in [2.75, 3.05) is 67.9 Å². The van der Waals surface area contributed by atoms with E-state index in [9.17, 15) is 19.5 Å². The molecule has 13 nitrogen and oxygen atoms in total. The Hall–Kier alpha value is -6.09. The molecule has 4 N–H and O–H groups in total. The van der Waals surface area contributed by atoms with Crippen LogP contribution < -0.4 is 20.9 Å². The number of nitrogens with two attached hydrogens (primary N) is 1. The number of nitrogens with one attached hydrogen (secondary N) is 1. The van der Waals surface area contributed by atoms with E-state index >= 15 is 8.78 Å². The summed E-state index contributed by atoms with van der Waals surface area (Å²) in [6, 6.07) is 21.1. The molecular weight excluding hydrogens is 781 g/mol. The number of phenolic OH excluding ortho intramolecular Hbond substituents is 1. The SMILES string of the molecule is Cc1cn(C2CCN(CC3(F)CCN(C(=O)c4ccc([C@@]5(F)CCCN(c6cc(-c7ccccc7O)nnc6N)C5)cc4)CC3)CC2)c2ccc(N3CCC(=O)NC3=O)cc12. The summed E-state index contributed by atoms with van der Waals surface area (Å²) in [7, 11) is 0. The van der Waals surface area contributed by atoms with Crippen molar-refractivity contribution in [3.8, 4) is 17.0 Å². The molecule has 318 valence electrons. The van der Waals surface area contributed by atoms with Gasteiger partial charge in [0.2, 0.25) is 5.91 Å². The number of urea groups is 1. The first-order chi connectivity index (χ1) is 29.4. The Kier molecular flexibility index (Phi) is 10.6. The van der Waals surface area contributed by atoms with E-state index in [-0.39, 0.29) is 55.2 Å². The maximum Gasteiger partial charge on any atom is 0.328 e. The lowest BCUT2D eigenvalue weighted by atomic mass is 9.86. The highest BCUT2D eigenvalue weighted by molar-refractivity contribution is 6.06. The topological polar surface area (TPSA) is 153 Å². The van der Waals surface area contributed by atoms with Crippen LogP contribution in [0.4, 0.5) is 30.8 Å². The largest absolute Gasteiger partial charge is 0.507 e. The zero-order chi connectivity index (χ0) is 42.5. The number of rotatable bonds is 8. The molecule has 6 heterocycles. The summed E-state index contributed by atoms with van der Waals surface area (Å²) in [5.74, 6) is -0.207. The molecule has 0 bridgehead atoms. The number of phenols is 1. The number of alkyl halides is 2. The number of hydrogen-bond donors (Lipinski definition) is 3. The van der Waals surface area contributed by atoms with E-state index in [2.05, 4.69) is 38.1 Å². The molecular formula is C46H51F2N9O4. The van der Waals surface area contributed by atoms with Crippen molar-refractivity contribution < 1.29 is 28.3 Å². The average molecular weight is 832 g/mol. The maximum atomic E-state index is 16.8. The number of aromatic nitrogens is 3. The Balaban J connectivity index is 0.779. The van der Waals surface area contributed by atoms with Gasteiger partial charge >= 0.3 is 6.03 Å². The second kappa shape index (κ2) is 16.1. The maximum absolute atomic E-state index is 16.8. The minimum Gasteiger partial charge on any atom is -0.507 e. The first kappa shape index (κ1) is 40.3. The van der Waals surface area contributed by atoms with Crippen molar-refractivity contribution in [3.05, 3.63) is 95.7 Å². The number of halogens is 2. The van der Waals surface area contributed by atoms with E-state index in [0.29, 0.717) is 73.6 Å². The predicted octanol–water partition coefficient (Wildman–Crippen LogP) is 6.89. The number of aryl methyl sites for hydroxylation is 1. The number of nitrogen functional groups attached to an aromatic ring is 1. The third-order valence-electron chi connectivity index (χ3n) is 13.2. The minimum atomic E-state index is -1.70. The number of carbonyl (C=O) groups excluding carboxylic acids is 3. The molecule has 9 rings (SSSR count). The summed E-state index contributed by atoms with van der Waals surface area (Å²) in [6.07, 6.45) is 5.59. The number of amides is 4. The van der Waals surface area contributed by atoms with Gasteiger partial charge in [-0.05, 0) is 92.3 Å². The number of hydrogen-bond acceptors (Lipinski definition) is 9. The fourth-order valence-corrected chi connectivity index (χ4v) is 9.73. The molecule has 0 saturated carbocycles. The van der Waals surface area contributed by atoms with E-state index in [0.717, 1.165) is 48.1 Å². The zero-order valence-corrected chi connectivity index (χ0v) is 34.3. The lowest BCUT2D eigenvalue weighted by molar-refractivity contribution is -0.120. The summed E-state index contributed by atoms with van der Waals surface area (Å²) in [5.41, 5.74) is 8.51. The Morgan fingerprint density at radius 2 is 1.67 bits per heavy atom. The molecule has 0 unspecified atom stereocenters. The van der Waals surface area contributed by atoms with Crippen molar-refractivity contribution in [1.29, 1.82) is 0 Å². The minimum absolute atomic E-state index is 0.0370. The number of imide groups is 1. The number of likely N-dealkylation sites (tertiary alicyclic amines) is 2. The van der Waals surface area contributed by atoms with Crippen LogP contribution >= 0.6 is 0 Å². The highest BCUT2D eigenvalue weighted by Gasteiger charge is 2.40. The Morgan fingerprint density at radius 1 is 0.918 bits per heavy atom. The van der Waals surface area contributed by atoms with Gasteiger partial charge in [-0.3, -0.25) is 19.8 Å². The molecule has 0 aliphatic carbocycles. The number of nitrogens with zero attached hydrogens (tertiary/aromatic N) is 7. The lowest BCUT2D eigenvalue weighted by Crippen LogP contribution is -2.51. The standard InChI is InChI=1S/C46H51F2N9O4/c1-30-27-57(38-12-11-34(25-36(30)38)56-22-15-41(59)50-44(56)61)33-13-20-53(21-14-33)28-45(47)17-23-54(24-18-45)43(60)31-7-9-32(10-8-31)46(48)16-4-19-55(29-46)39-26-37(51-52-42(39)49)35-5-2-3-6-40(35)58/h2-3,5-12,25-27,33,58H,4,13-24,28-29H2,1H3,(H2,49,52)(H,50,59,61)/t46-/m1/s1. The van der Waals surface area contributed by atoms with Crippen LogP contribution in [0.25, 0.3) is 22.2 Å². The van der Waals surface area contributed by atoms with E-state index in [1.807, 2.05) is 23.1 Å². The van der Waals surface area contributed by atoms with E-state index in [4.69, 9.17) is 5.73 Å². The van der Waals surface area contributed by atoms with E-state index in [1.165, 1.54) is 0 Å². The molecule has 15 heteroatoms. The van der Waals surface area contributed by atoms with Gasteiger partial charge in [0.1, 0.15) is 11.4 Å². The van der Waals surface area contributed by atoms with Crippen LogP contribution in [0.3, 0.4) is 0 Å². The average Bonchev–Trinajstić information content (AvgIpc) is 3.59. The second-order valence-corrected chi connectivity index (χ2v) is 17.2. The van der Waals surface area contributed by atoms with Gasteiger partial charge in [0.15, 0.2) is 11.5 Å². The highest BCUT2D eigenvalue weighted by Crippen LogP contribution is 2.40. The van der Waals surface area contributed by atoms with Crippen LogP contribution in [0.2, 0.25) is 0 Å². The van der Waals surface area contributed by atoms with Gasteiger partial charge < -0.3 is 30.1 Å². The third kappa shape index (κ3) is 7.98. The van der Waals surface area contributed by atoms with Crippen LogP contribution in [0, 0.1) is 6.92 Å². The number of carbonyl (C=O) groups is 3. The molecule has 4 aliphatic rings. The predicted molar refractivity (Wildman–Crippen MR) is 230 cm³/mol. The number of aromatic hydroxyl groups is 1. The summed E-state index contributed by atoms with van der Waals surface area (Å²) in [4.78, 5) is 45.1. The first-order valence-electron chi connectivity index (χ1n) is 21.3. The second-order valence-electron chi connectivity index (χ2n) is 17.2. The van der Waals surface area contributed by atoms with Gasteiger partial charge in [0.25, 0.3) is 5.91 Å². The molecule has 61 heavy (non-hydrogen) atoms. The molecule has 5 aromatic rings. The Morgan fingerprint density at radius 3 is 2.41 bits per heavy atom. The number of benzene rings is 3. The summed E-state index contributed by atoms with van der Waals surface area (Å²) in [5, 5.41) is 22.1. The quantitative estimate of drug-likeness (QED) is 0.152. The smallest absolute Gasteiger partial charge is 0.328 e. The van der Waals surface area contributed by atoms with Crippen LogP contribution in [0.15, 0.2) is 79.0 Å². The molecule has 4 fully saturated rings. The molecule has 4 saturated heterocycles. The number of anilines is 3. The van der Waals surface area contributed by atoms with E-state index in [1.54, 1.807) is 64.4 Å². The van der Waals surface area contributed by atoms with Crippen molar-refractivity contribution in [2.24, 2.45) is 0 Å². The molecule has 4 amide bonds. The van der Waals surface area contributed by atoms with Crippen LogP contribution in [-0.2, 0) is 10.5 Å². The van der Waals surface area contributed by atoms with Crippen molar-refractivity contribution in [1.82, 2.24) is 29.9 Å². The van der Waals surface area contributed by atoms with Gasteiger partial charge in [-0.2, -0.15) is 0 Å². The van der Waals surface area contributed by atoms with Gasteiger partial charge in [0, 0.05) is 105 Å². The van der Waals surface area contributed by atoms with Crippen molar-refractivity contribution in [2.45, 2.75) is 69.2 Å². The van der Waals surface area contributed by atoms with Crippen LogP contribution in [-0.4, -0.2) is 106 Å². The Labute approximate surface area is 353 Å². The fourth-order valence-electron chi connectivity index (χ4n) is 9.73. The number of fused-ring (bicyclic) bond motifs is 1.